The van der Waals surface area contributed by atoms with Crippen LogP contribution in [0.3, 0.4) is 0 Å². The Morgan fingerprint density at radius 2 is 1.97 bits per heavy atom. The number of aromatic nitrogens is 2. The molecule has 4 rings (SSSR count). The predicted octanol–water partition coefficient (Wildman–Crippen LogP) is 4.57. The number of amides is 1. The van der Waals surface area contributed by atoms with Gasteiger partial charge in [-0.25, -0.2) is 4.79 Å². The van der Waals surface area contributed by atoms with Crippen LogP contribution in [0.15, 0.2) is 53.1 Å². The van der Waals surface area contributed by atoms with Crippen molar-refractivity contribution in [1.29, 1.82) is 0 Å². The Labute approximate surface area is 182 Å². The molecule has 0 aliphatic carbocycles. The molecule has 0 radical (unpaired) electrons. The lowest BCUT2D eigenvalue weighted by molar-refractivity contribution is 0.0224. The number of carbonyl (C=O) groups excluding carboxylic acids is 1. The van der Waals surface area contributed by atoms with E-state index >= 15 is 0 Å². The van der Waals surface area contributed by atoms with E-state index in [1.165, 1.54) is 5.56 Å². The number of hydrogen-bond donors (Lipinski definition) is 1. The highest BCUT2D eigenvalue weighted by molar-refractivity contribution is 5.69. The molecule has 0 fully saturated rings. The van der Waals surface area contributed by atoms with Crippen LogP contribution < -0.4 is 5.32 Å². The molecule has 1 aromatic heterocycles. The normalized spacial score (nSPS) is 13.6. The average Bonchev–Trinajstić information content (AvgIpc) is 3.18. The van der Waals surface area contributed by atoms with Gasteiger partial charge in [-0.05, 0) is 56.0 Å². The average molecular weight is 421 g/mol. The molecule has 0 atom stereocenters. The summed E-state index contributed by atoms with van der Waals surface area (Å²) >= 11 is 0. The van der Waals surface area contributed by atoms with Crippen molar-refractivity contribution in [3.8, 4) is 0 Å². The SMILES string of the molecule is CC(C)(C)OC(=O)N1CCc2ccc(NCc3nc(Cc4ccccc4)no3)cc2C1. The van der Waals surface area contributed by atoms with Crippen LogP contribution in [0, 0.1) is 0 Å². The molecule has 1 aliphatic heterocycles. The van der Waals surface area contributed by atoms with Crippen molar-refractivity contribution >= 4 is 11.8 Å². The van der Waals surface area contributed by atoms with Gasteiger partial charge in [0.2, 0.25) is 5.89 Å². The van der Waals surface area contributed by atoms with Gasteiger partial charge in [0.25, 0.3) is 0 Å². The molecular weight excluding hydrogens is 392 g/mol. The van der Waals surface area contributed by atoms with Gasteiger partial charge in [-0.3, -0.25) is 0 Å². The number of nitrogens with zero attached hydrogens (tertiary/aromatic N) is 3. The van der Waals surface area contributed by atoms with Crippen LogP contribution in [-0.2, 0) is 30.7 Å². The highest BCUT2D eigenvalue weighted by Gasteiger charge is 2.25. The van der Waals surface area contributed by atoms with Crippen LogP contribution in [0.25, 0.3) is 0 Å². The molecule has 0 spiro atoms. The fourth-order valence-electron chi connectivity index (χ4n) is 3.54. The Hall–Kier alpha value is -3.35. The number of anilines is 1. The number of hydrogen-bond acceptors (Lipinski definition) is 6. The summed E-state index contributed by atoms with van der Waals surface area (Å²) in [5, 5.41) is 7.41. The summed E-state index contributed by atoms with van der Waals surface area (Å²) in [5.41, 5.74) is 3.98. The Balaban J connectivity index is 1.36. The second kappa shape index (κ2) is 8.79. The number of rotatable bonds is 5. The van der Waals surface area contributed by atoms with E-state index in [0.717, 1.165) is 23.2 Å². The molecule has 1 amide bonds. The second-order valence-electron chi connectivity index (χ2n) is 8.76. The van der Waals surface area contributed by atoms with Gasteiger partial charge in [-0.2, -0.15) is 4.98 Å². The van der Waals surface area contributed by atoms with E-state index in [0.29, 0.717) is 37.8 Å². The molecular formula is C24H28N4O3. The number of ether oxygens (including phenoxy) is 1. The third kappa shape index (κ3) is 5.63. The summed E-state index contributed by atoms with van der Waals surface area (Å²) in [6.07, 6.45) is 1.19. The van der Waals surface area contributed by atoms with Crippen LogP contribution in [0.2, 0.25) is 0 Å². The van der Waals surface area contributed by atoms with Crippen LogP contribution in [-0.4, -0.2) is 33.3 Å². The Bertz CT molecular complexity index is 1040. The lowest BCUT2D eigenvalue weighted by atomic mass is 9.99. The van der Waals surface area contributed by atoms with Crippen molar-refractivity contribution in [3.63, 3.8) is 0 Å². The Morgan fingerprint density at radius 1 is 1.16 bits per heavy atom. The molecule has 3 aromatic rings. The largest absolute Gasteiger partial charge is 0.444 e. The minimum atomic E-state index is -0.496. The second-order valence-corrected chi connectivity index (χ2v) is 8.76. The van der Waals surface area contributed by atoms with Crippen molar-refractivity contribution in [1.82, 2.24) is 15.0 Å². The van der Waals surface area contributed by atoms with Gasteiger partial charge >= 0.3 is 6.09 Å². The third-order valence-electron chi connectivity index (χ3n) is 5.03. The number of benzene rings is 2. The van der Waals surface area contributed by atoms with Crippen molar-refractivity contribution in [2.75, 3.05) is 11.9 Å². The number of fused-ring (bicyclic) bond motifs is 1. The lowest BCUT2D eigenvalue weighted by Crippen LogP contribution is -2.39. The van der Waals surface area contributed by atoms with Crippen molar-refractivity contribution in [3.05, 3.63) is 76.9 Å². The molecule has 1 N–H and O–H groups in total. The van der Waals surface area contributed by atoms with Crippen LogP contribution >= 0.6 is 0 Å². The minimum absolute atomic E-state index is 0.270. The fraction of sp³-hybridized carbons (Fsp3) is 0.375. The molecule has 0 bridgehead atoms. The van der Waals surface area contributed by atoms with Gasteiger partial charge in [0, 0.05) is 25.2 Å². The van der Waals surface area contributed by atoms with Crippen LogP contribution in [0.4, 0.5) is 10.5 Å². The standard InChI is InChI=1S/C24H28N4O3/c1-24(2,3)30-23(29)28-12-11-18-9-10-20(14-19(18)16-28)25-15-22-26-21(27-31-22)13-17-7-5-4-6-8-17/h4-10,14,25H,11-13,15-16H2,1-3H3. The topological polar surface area (TPSA) is 80.5 Å². The van der Waals surface area contributed by atoms with Gasteiger partial charge in [0.1, 0.15) is 5.60 Å². The Morgan fingerprint density at radius 3 is 2.74 bits per heavy atom. The van der Waals surface area contributed by atoms with Crippen molar-refractivity contribution in [2.24, 2.45) is 0 Å². The molecule has 0 unspecified atom stereocenters. The highest BCUT2D eigenvalue weighted by atomic mass is 16.6. The summed E-state index contributed by atoms with van der Waals surface area (Å²) in [5.74, 6) is 1.21. The highest BCUT2D eigenvalue weighted by Crippen LogP contribution is 2.24. The first-order chi connectivity index (χ1) is 14.9. The van der Waals surface area contributed by atoms with Gasteiger partial charge in [0.15, 0.2) is 5.82 Å². The monoisotopic (exact) mass is 420 g/mol. The van der Waals surface area contributed by atoms with Crippen LogP contribution in [0.1, 0.15) is 49.2 Å². The molecule has 0 saturated heterocycles. The zero-order valence-corrected chi connectivity index (χ0v) is 18.2. The zero-order valence-electron chi connectivity index (χ0n) is 18.2. The minimum Gasteiger partial charge on any atom is -0.444 e. The summed E-state index contributed by atoms with van der Waals surface area (Å²) in [6.45, 7) is 7.30. The van der Waals surface area contributed by atoms with Crippen molar-refractivity contribution in [2.45, 2.75) is 52.3 Å². The van der Waals surface area contributed by atoms with E-state index in [9.17, 15) is 4.79 Å². The zero-order chi connectivity index (χ0) is 21.8. The number of carbonyl (C=O) groups is 1. The van der Waals surface area contributed by atoms with E-state index in [1.807, 2.05) is 57.2 Å². The summed E-state index contributed by atoms with van der Waals surface area (Å²) < 4.78 is 10.9. The fourth-order valence-corrected chi connectivity index (χ4v) is 3.54. The molecule has 7 nitrogen and oxygen atoms in total. The van der Waals surface area contributed by atoms with Crippen molar-refractivity contribution < 1.29 is 14.1 Å². The predicted molar refractivity (Wildman–Crippen MR) is 118 cm³/mol. The van der Waals surface area contributed by atoms with E-state index in [4.69, 9.17) is 9.26 Å². The lowest BCUT2D eigenvalue weighted by Gasteiger charge is -2.31. The van der Waals surface area contributed by atoms with E-state index in [2.05, 4.69) is 27.6 Å². The summed E-state index contributed by atoms with van der Waals surface area (Å²) in [4.78, 5) is 18.6. The quantitative estimate of drug-likeness (QED) is 0.651. The van der Waals surface area contributed by atoms with E-state index in [1.54, 1.807) is 4.90 Å². The first-order valence-electron chi connectivity index (χ1n) is 10.5. The first kappa shape index (κ1) is 20.9. The molecule has 7 heteroatoms. The summed E-state index contributed by atoms with van der Waals surface area (Å²) in [6, 6.07) is 16.3. The maximum absolute atomic E-state index is 12.4. The smallest absolute Gasteiger partial charge is 0.410 e. The van der Waals surface area contributed by atoms with E-state index in [-0.39, 0.29) is 6.09 Å². The van der Waals surface area contributed by atoms with Gasteiger partial charge < -0.3 is 19.5 Å². The molecule has 31 heavy (non-hydrogen) atoms. The maximum Gasteiger partial charge on any atom is 0.410 e. The molecule has 1 aliphatic rings. The third-order valence-corrected chi connectivity index (χ3v) is 5.03. The molecule has 0 saturated carbocycles. The van der Waals surface area contributed by atoms with Gasteiger partial charge in [0.05, 0.1) is 6.54 Å². The summed E-state index contributed by atoms with van der Waals surface area (Å²) in [7, 11) is 0. The van der Waals surface area contributed by atoms with E-state index < -0.39 is 5.60 Å². The maximum atomic E-state index is 12.4. The van der Waals surface area contributed by atoms with Gasteiger partial charge in [-0.1, -0.05) is 41.6 Å². The molecule has 2 aromatic carbocycles. The Kier molecular flexibility index (Phi) is 5.93. The van der Waals surface area contributed by atoms with Crippen LogP contribution in [0.5, 0.6) is 0 Å². The molecule has 162 valence electrons. The molecule has 2 heterocycles. The number of nitrogens with one attached hydrogen (secondary N) is 1. The van der Waals surface area contributed by atoms with Gasteiger partial charge in [-0.15, -0.1) is 0 Å². The first-order valence-corrected chi connectivity index (χ1v) is 10.5.